The summed E-state index contributed by atoms with van der Waals surface area (Å²) in [5, 5.41) is 3.02. The van der Waals surface area contributed by atoms with Crippen LogP contribution in [0.1, 0.15) is 24.6 Å². The number of nitrogens with zero attached hydrogens (tertiary/aromatic N) is 2. The monoisotopic (exact) mass is 348 g/mol. The fourth-order valence-electron chi connectivity index (χ4n) is 3.93. The first kappa shape index (κ1) is 16.5. The van der Waals surface area contributed by atoms with Crippen molar-refractivity contribution in [2.45, 2.75) is 25.7 Å². The van der Waals surface area contributed by atoms with Gasteiger partial charge in [0.2, 0.25) is 5.91 Å². The fraction of sp³-hybridized carbons (Fsp3) is 0.286. The highest BCUT2D eigenvalue weighted by Crippen LogP contribution is 2.45. The number of amides is 1. The van der Waals surface area contributed by atoms with E-state index in [0.717, 1.165) is 32.9 Å². The third-order valence-corrected chi connectivity index (χ3v) is 5.34. The van der Waals surface area contributed by atoms with Crippen LogP contribution in [0.25, 0.3) is 21.7 Å². The molecule has 4 rings (SSSR count). The smallest absolute Gasteiger partial charge is 0.306 e. The second-order valence-corrected chi connectivity index (χ2v) is 7.13. The number of fused-ring (bicyclic) bond motifs is 2. The number of carbonyl (C=O) groups is 2. The Morgan fingerprint density at radius 1 is 1.23 bits per heavy atom. The Balaban J connectivity index is 2.15. The molecule has 0 N–H and O–H groups in total. The van der Waals surface area contributed by atoms with Crippen molar-refractivity contribution in [3.63, 3.8) is 0 Å². The number of aromatic nitrogens is 1. The maximum Gasteiger partial charge on any atom is 0.306 e. The van der Waals surface area contributed by atoms with Crippen molar-refractivity contribution < 1.29 is 14.3 Å². The second kappa shape index (κ2) is 5.53. The molecule has 0 fully saturated rings. The number of hydrogen-bond acceptors (Lipinski definition) is 4. The predicted molar refractivity (Wildman–Crippen MR) is 101 cm³/mol. The normalized spacial score (nSPS) is 19.2. The van der Waals surface area contributed by atoms with Crippen molar-refractivity contribution in [2.75, 3.05) is 19.1 Å². The van der Waals surface area contributed by atoms with Crippen molar-refractivity contribution in [3.05, 3.63) is 47.7 Å². The highest BCUT2D eigenvalue weighted by Gasteiger charge is 2.46. The standard InChI is InChI=1S/C21H20N2O3/c1-12-8-9-15-14(10-12)13-6-5-7-16-18(13)19(22-15)21(2,11-17(24)26-4)20(25)23(16)3/h5-10H,11H2,1-4H3. The number of carbonyl (C=O) groups excluding carboxylic acids is 2. The van der Waals surface area contributed by atoms with Crippen molar-refractivity contribution in [1.82, 2.24) is 4.98 Å². The average Bonchev–Trinajstić information content (AvgIpc) is 2.64. The molecule has 1 aliphatic heterocycles. The molecule has 0 saturated heterocycles. The first-order valence-electron chi connectivity index (χ1n) is 8.55. The Kier molecular flexibility index (Phi) is 3.51. The van der Waals surface area contributed by atoms with Gasteiger partial charge in [-0.15, -0.1) is 0 Å². The zero-order chi connectivity index (χ0) is 18.6. The summed E-state index contributed by atoms with van der Waals surface area (Å²) in [6.45, 7) is 3.83. The lowest BCUT2D eigenvalue weighted by molar-refractivity contribution is -0.144. The van der Waals surface area contributed by atoms with Gasteiger partial charge in [-0.25, -0.2) is 0 Å². The zero-order valence-corrected chi connectivity index (χ0v) is 15.3. The molecular formula is C21H20N2O3. The quantitative estimate of drug-likeness (QED) is 0.525. The summed E-state index contributed by atoms with van der Waals surface area (Å²) in [5.41, 5.74) is 2.38. The summed E-state index contributed by atoms with van der Waals surface area (Å²) in [6, 6.07) is 12.0. The minimum Gasteiger partial charge on any atom is -0.469 e. The molecule has 2 heterocycles. The summed E-state index contributed by atoms with van der Waals surface area (Å²) in [6.07, 6.45) is -0.0412. The Morgan fingerprint density at radius 2 is 2.00 bits per heavy atom. The zero-order valence-electron chi connectivity index (χ0n) is 15.3. The van der Waals surface area contributed by atoms with E-state index in [-0.39, 0.29) is 12.3 Å². The van der Waals surface area contributed by atoms with Crippen molar-refractivity contribution in [3.8, 4) is 0 Å². The topological polar surface area (TPSA) is 59.5 Å². The molecule has 1 unspecified atom stereocenters. The molecule has 5 heteroatoms. The molecule has 3 aromatic rings. The predicted octanol–water partition coefficient (Wildman–Crippen LogP) is 3.49. The molecule has 0 aliphatic carbocycles. The van der Waals surface area contributed by atoms with Gasteiger partial charge in [0, 0.05) is 17.8 Å². The van der Waals surface area contributed by atoms with Gasteiger partial charge in [-0.3, -0.25) is 14.6 Å². The van der Waals surface area contributed by atoms with Crippen LogP contribution in [-0.4, -0.2) is 31.0 Å². The van der Waals surface area contributed by atoms with Gasteiger partial charge in [0.1, 0.15) is 5.41 Å². The Hall–Kier alpha value is -2.95. The lowest BCUT2D eigenvalue weighted by atomic mass is 9.76. The van der Waals surface area contributed by atoms with E-state index < -0.39 is 11.4 Å². The van der Waals surface area contributed by atoms with Crippen LogP contribution in [0.3, 0.4) is 0 Å². The number of anilines is 1. The number of aryl methyl sites for hydroxylation is 1. The first-order valence-corrected chi connectivity index (χ1v) is 8.55. The van der Waals surface area contributed by atoms with Crippen LogP contribution in [0.4, 0.5) is 5.69 Å². The molecule has 0 radical (unpaired) electrons. The summed E-state index contributed by atoms with van der Waals surface area (Å²) < 4.78 is 4.85. The minimum absolute atomic E-state index is 0.0412. The number of likely N-dealkylation sites (N-methyl/N-ethyl adjacent to an activating group) is 1. The van der Waals surface area contributed by atoms with Gasteiger partial charge in [-0.1, -0.05) is 23.8 Å². The van der Waals surface area contributed by atoms with Crippen LogP contribution in [0, 0.1) is 6.92 Å². The fourth-order valence-corrected chi connectivity index (χ4v) is 3.93. The first-order chi connectivity index (χ1) is 12.4. The molecule has 26 heavy (non-hydrogen) atoms. The number of esters is 1. The van der Waals surface area contributed by atoms with E-state index in [1.54, 1.807) is 18.9 Å². The number of hydrogen-bond donors (Lipinski definition) is 0. The molecule has 0 spiro atoms. The number of rotatable bonds is 2. The summed E-state index contributed by atoms with van der Waals surface area (Å²) >= 11 is 0. The molecule has 0 bridgehead atoms. The van der Waals surface area contributed by atoms with Crippen molar-refractivity contribution in [2.24, 2.45) is 0 Å². The maximum absolute atomic E-state index is 13.2. The van der Waals surface area contributed by atoms with Gasteiger partial charge in [0.15, 0.2) is 0 Å². The van der Waals surface area contributed by atoms with Crippen LogP contribution in [0.5, 0.6) is 0 Å². The average molecular weight is 348 g/mol. The van der Waals surface area contributed by atoms with E-state index in [1.165, 1.54) is 7.11 Å². The molecule has 0 saturated carbocycles. The van der Waals surface area contributed by atoms with Gasteiger partial charge >= 0.3 is 5.97 Å². The van der Waals surface area contributed by atoms with E-state index in [4.69, 9.17) is 9.72 Å². The van der Waals surface area contributed by atoms with E-state index >= 15 is 0 Å². The van der Waals surface area contributed by atoms with Gasteiger partial charge in [0.25, 0.3) is 0 Å². The van der Waals surface area contributed by atoms with Crippen LogP contribution in [-0.2, 0) is 19.7 Å². The molecule has 1 atom stereocenters. The molecule has 5 nitrogen and oxygen atoms in total. The molecular weight excluding hydrogens is 328 g/mol. The molecule has 132 valence electrons. The van der Waals surface area contributed by atoms with E-state index in [1.807, 2.05) is 37.3 Å². The number of ether oxygens (including phenoxy) is 1. The van der Waals surface area contributed by atoms with Crippen molar-refractivity contribution >= 4 is 39.2 Å². The highest BCUT2D eigenvalue weighted by atomic mass is 16.5. The maximum atomic E-state index is 13.2. The van der Waals surface area contributed by atoms with E-state index in [0.29, 0.717) is 5.69 Å². The molecule has 1 aromatic heterocycles. The Labute approximate surface area is 151 Å². The molecule has 1 aliphatic rings. The lowest BCUT2D eigenvalue weighted by Crippen LogP contribution is -2.48. The van der Waals surface area contributed by atoms with E-state index in [9.17, 15) is 9.59 Å². The largest absolute Gasteiger partial charge is 0.469 e. The molecule has 2 aromatic carbocycles. The third kappa shape index (κ3) is 2.13. The SMILES string of the molecule is COC(=O)CC1(C)C(=O)N(C)c2cccc3c2c1nc1ccc(C)cc13. The minimum atomic E-state index is -1.06. The van der Waals surface area contributed by atoms with Crippen LogP contribution in [0.15, 0.2) is 36.4 Å². The van der Waals surface area contributed by atoms with E-state index in [2.05, 4.69) is 6.07 Å². The number of methoxy groups -OCH3 is 1. The Morgan fingerprint density at radius 3 is 2.73 bits per heavy atom. The van der Waals surface area contributed by atoms with Gasteiger partial charge in [-0.2, -0.15) is 0 Å². The third-order valence-electron chi connectivity index (χ3n) is 5.34. The molecule has 1 amide bonds. The Bertz CT molecular complexity index is 1090. The number of benzene rings is 2. The number of pyridine rings is 1. The van der Waals surface area contributed by atoms with Gasteiger partial charge in [0.05, 0.1) is 30.4 Å². The van der Waals surface area contributed by atoms with Gasteiger partial charge < -0.3 is 9.64 Å². The lowest BCUT2D eigenvalue weighted by Gasteiger charge is -2.38. The second-order valence-electron chi connectivity index (χ2n) is 7.13. The summed E-state index contributed by atoms with van der Waals surface area (Å²) in [5.74, 6) is -0.575. The highest BCUT2D eigenvalue weighted by molar-refractivity contribution is 6.19. The van der Waals surface area contributed by atoms with Crippen LogP contribution in [0.2, 0.25) is 0 Å². The van der Waals surface area contributed by atoms with Crippen molar-refractivity contribution in [1.29, 1.82) is 0 Å². The van der Waals surface area contributed by atoms with Crippen LogP contribution >= 0.6 is 0 Å². The summed E-state index contributed by atoms with van der Waals surface area (Å²) in [7, 11) is 3.08. The summed E-state index contributed by atoms with van der Waals surface area (Å²) in [4.78, 5) is 31.7. The van der Waals surface area contributed by atoms with Gasteiger partial charge in [-0.05, 0) is 37.4 Å². The van der Waals surface area contributed by atoms with Crippen LogP contribution < -0.4 is 4.90 Å².